The molecule has 138 valence electrons. The number of pyridine rings is 1. The molecule has 27 heavy (non-hydrogen) atoms. The third kappa shape index (κ3) is 3.70. The maximum absolute atomic E-state index is 12.7. The van der Waals surface area contributed by atoms with Crippen LogP contribution in [-0.2, 0) is 0 Å². The summed E-state index contributed by atoms with van der Waals surface area (Å²) in [6.45, 7) is 3.35. The van der Waals surface area contributed by atoms with Crippen molar-refractivity contribution in [2.75, 3.05) is 0 Å². The van der Waals surface area contributed by atoms with Crippen molar-refractivity contribution in [1.82, 2.24) is 10.4 Å². The number of carbonyl (C=O) groups excluding carboxylic acids is 1. The topological polar surface area (TPSA) is 115 Å². The van der Waals surface area contributed by atoms with Crippen molar-refractivity contribution in [3.8, 4) is 17.2 Å². The molecule has 0 atom stereocenters. The second kappa shape index (κ2) is 7.24. The van der Waals surface area contributed by atoms with Gasteiger partial charge in [0, 0.05) is 21.1 Å². The lowest BCUT2D eigenvalue weighted by Crippen LogP contribution is -2.20. The summed E-state index contributed by atoms with van der Waals surface area (Å²) >= 11 is 3.39. The third-order valence-electron chi connectivity index (χ3n) is 3.99. The Morgan fingerprint density at radius 1 is 1.07 bits per heavy atom. The minimum Gasteiger partial charge on any atom is -0.504 e. The molecule has 0 spiro atoms. The fraction of sp³-hybridized carbons (Fsp3) is 0.105. The summed E-state index contributed by atoms with van der Waals surface area (Å²) in [5.74, 6) is -2.04. The molecular weight excluding hydrogens is 414 g/mol. The molecular formula is C19H16BrN3O4. The van der Waals surface area contributed by atoms with Gasteiger partial charge in [0.15, 0.2) is 11.5 Å². The lowest BCUT2D eigenvalue weighted by atomic mass is 10.1. The van der Waals surface area contributed by atoms with E-state index in [4.69, 9.17) is 0 Å². The second-order valence-electron chi connectivity index (χ2n) is 5.94. The van der Waals surface area contributed by atoms with E-state index in [9.17, 15) is 20.1 Å². The Morgan fingerprint density at radius 3 is 2.56 bits per heavy atom. The molecule has 0 aliphatic heterocycles. The number of aryl methyl sites for hydroxylation is 1. The van der Waals surface area contributed by atoms with E-state index in [1.807, 2.05) is 12.1 Å². The average molecular weight is 430 g/mol. The van der Waals surface area contributed by atoms with Gasteiger partial charge in [-0.3, -0.25) is 9.78 Å². The van der Waals surface area contributed by atoms with Crippen LogP contribution in [0.4, 0.5) is 0 Å². The third-order valence-corrected chi connectivity index (χ3v) is 4.48. The summed E-state index contributed by atoms with van der Waals surface area (Å²) < 4.78 is 0.818. The highest BCUT2D eigenvalue weighted by molar-refractivity contribution is 9.10. The zero-order valence-electron chi connectivity index (χ0n) is 14.5. The molecule has 1 heterocycles. The molecule has 1 amide bonds. The lowest BCUT2D eigenvalue weighted by Gasteiger charge is -2.09. The predicted octanol–water partition coefficient (Wildman–Crippen LogP) is 3.58. The van der Waals surface area contributed by atoms with Crippen molar-refractivity contribution in [3.05, 3.63) is 57.7 Å². The number of carbonyl (C=O) groups is 1. The van der Waals surface area contributed by atoms with Crippen LogP contribution >= 0.6 is 15.9 Å². The SMILES string of the molecule is CC(=NNC(=O)c1cc(C)nc2ccc(Br)cc12)c1ccc(O)c(O)c1O. The molecule has 1 aromatic heterocycles. The minimum atomic E-state index is -0.644. The number of rotatable bonds is 3. The molecule has 0 radical (unpaired) electrons. The summed E-state index contributed by atoms with van der Waals surface area (Å²) in [4.78, 5) is 17.1. The highest BCUT2D eigenvalue weighted by Gasteiger charge is 2.15. The van der Waals surface area contributed by atoms with Gasteiger partial charge >= 0.3 is 0 Å². The number of hydrazone groups is 1. The Kier molecular flexibility index (Phi) is 5.00. The Bertz CT molecular complexity index is 1100. The Morgan fingerprint density at radius 2 is 1.81 bits per heavy atom. The van der Waals surface area contributed by atoms with Crippen molar-refractivity contribution in [2.45, 2.75) is 13.8 Å². The summed E-state index contributed by atoms with van der Waals surface area (Å²) in [7, 11) is 0. The quantitative estimate of drug-likeness (QED) is 0.288. The van der Waals surface area contributed by atoms with Crippen molar-refractivity contribution < 1.29 is 20.1 Å². The molecule has 3 rings (SSSR count). The number of hydrogen-bond acceptors (Lipinski definition) is 6. The van der Waals surface area contributed by atoms with Crippen molar-refractivity contribution in [2.24, 2.45) is 5.10 Å². The molecule has 0 unspecified atom stereocenters. The first-order valence-corrected chi connectivity index (χ1v) is 8.73. The van der Waals surface area contributed by atoms with Gasteiger partial charge in [0.1, 0.15) is 0 Å². The summed E-state index contributed by atoms with van der Waals surface area (Å²) in [5, 5.41) is 33.6. The van der Waals surface area contributed by atoms with Gasteiger partial charge in [0.05, 0.1) is 16.8 Å². The van der Waals surface area contributed by atoms with E-state index in [-0.39, 0.29) is 11.3 Å². The van der Waals surface area contributed by atoms with Crippen LogP contribution in [0.25, 0.3) is 10.9 Å². The highest BCUT2D eigenvalue weighted by atomic mass is 79.9. The molecule has 0 fully saturated rings. The number of amides is 1. The van der Waals surface area contributed by atoms with E-state index >= 15 is 0 Å². The van der Waals surface area contributed by atoms with E-state index in [2.05, 4.69) is 31.4 Å². The first kappa shape index (κ1) is 18.7. The first-order valence-electron chi connectivity index (χ1n) is 7.93. The van der Waals surface area contributed by atoms with E-state index in [0.717, 1.165) is 4.47 Å². The maximum atomic E-state index is 12.7. The first-order chi connectivity index (χ1) is 12.8. The standard InChI is InChI=1S/C19H16BrN3O4/c1-9-7-14(13-8-11(20)3-5-15(13)21-9)19(27)23-22-10(2)12-4-6-16(24)18(26)17(12)25/h3-8,24-26H,1-2H3,(H,23,27). The zero-order chi connectivity index (χ0) is 19.7. The van der Waals surface area contributed by atoms with Gasteiger partial charge in [0.25, 0.3) is 5.91 Å². The van der Waals surface area contributed by atoms with Crippen LogP contribution < -0.4 is 5.43 Å². The molecule has 0 aliphatic carbocycles. The van der Waals surface area contributed by atoms with Gasteiger partial charge in [-0.2, -0.15) is 5.10 Å². The molecule has 4 N–H and O–H groups in total. The lowest BCUT2D eigenvalue weighted by molar-refractivity contribution is 0.0956. The molecule has 0 bridgehead atoms. The average Bonchev–Trinajstić information content (AvgIpc) is 2.63. The van der Waals surface area contributed by atoms with Gasteiger partial charge in [-0.25, -0.2) is 5.43 Å². The van der Waals surface area contributed by atoms with Gasteiger partial charge < -0.3 is 15.3 Å². The van der Waals surface area contributed by atoms with Crippen LogP contribution in [0.2, 0.25) is 0 Å². The normalized spacial score (nSPS) is 11.6. The molecule has 0 saturated carbocycles. The van der Waals surface area contributed by atoms with Gasteiger partial charge in [-0.15, -0.1) is 0 Å². The Hall–Kier alpha value is -3.13. The summed E-state index contributed by atoms with van der Waals surface area (Å²) in [6.07, 6.45) is 0. The molecule has 0 saturated heterocycles. The van der Waals surface area contributed by atoms with E-state index in [0.29, 0.717) is 22.2 Å². The Balaban J connectivity index is 1.94. The predicted molar refractivity (Wildman–Crippen MR) is 105 cm³/mol. The molecule has 7 nitrogen and oxygen atoms in total. The van der Waals surface area contributed by atoms with Crippen molar-refractivity contribution in [3.63, 3.8) is 0 Å². The van der Waals surface area contributed by atoms with Crippen molar-refractivity contribution in [1.29, 1.82) is 0 Å². The van der Waals surface area contributed by atoms with Gasteiger partial charge in [-0.1, -0.05) is 15.9 Å². The fourth-order valence-corrected chi connectivity index (χ4v) is 3.00. The number of aromatic nitrogens is 1. The molecule has 2 aromatic carbocycles. The molecule has 3 aromatic rings. The maximum Gasteiger partial charge on any atom is 0.272 e. The summed E-state index contributed by atoms with van der Waals surface area (Å²) in [6, 6.07) is 9.74. The van der Waals surface area contributed by atoms with Gasteiger partial charge in [0.2, 0.25) is 5.75 Å². The number of hydrogen-bond donors (Lipinski definition) is 4. The Labute approximate surface area is 163 Å². The largest absolute Gasteiger partial charge is 0.504 e. The van der Waals surface area contributed by atoms with E-state index < -0.39 is 23.2 Å². The van der Waals surface area contributed by atoms with Crippen molar-refractivity contribution >= 4 is 38.5 Å². The highest BCUT2D eigenvalue weighted by Crippen LogP contribution is 2.37. The van der Waals surface area contributed by atoms with Crippen LogP contribution in [0, 0.1) is 6.92 Å². The molecule has 8 heteroatoms. The number of phenolic OH excluding ortho intramolecular Hbond substituents is 3. The zero-order valence-corrected chi connectivity index (χ0v) is 16.1. The van der Waals surface area contributed by atoms with Crippen LogP contribution in [0.1, 0.15) is 28.5 Å². The van der Waals surface area contributed by atoms with Crippen LogP contribution in [0.3, 0.4) is 0 Å². The molecule has 0 aliphatic rings. The van der Waals surface area contributed by atoms with Crippen LogP contribution in [0.15, 0.2) is 46.0 Å². The monoisotopic (exact) mass is 429 g/mol. The smallest absolute Gasteiger partial charge is 0.272 e. The number of phenols is 3. The van der Waals surface area contributed by atoms with Crippen LogP contribution in [-0.4, -0.2) is 31.9 Å². The number of nitrogens with zero attached hydrogens (tertiary/aromatic N) is 2. The number of nitrogens with one attached hydrogen (secondary N) is 1. The van der Waals surface area contributed by atoms with Gasteiger partial charge in [-0.05, 0) is 50.2 Å². The second-order valence-corrected chi connectivity index (χ2v) is 6.86. The number of aromatic hydroxyl groups is 3. The minimum absolute atomic E-state index is 0.184. The van der Waals surface area contributed by atoms with E-state index in [1.54, 1.807) is 26.0 Å². The van der Waals surface area contributed by atoms with E-state index in [1.165, 1.54) is 12.1 Å². The number of halogens is 1. The number of fused-ring (bicyclic) bond motifs is 1. The van der Waals surface area contributed by atoms with Crippen LogP contribution in [0.5, 0.6) is 17.2 Å². The summed E-state index contributed by atoms with van der Waals surface area (Å²) in [5.41, 5.74) is 4.68. The number of benzene rings is 2. The fourth-order valence-electron chi connectivity index (χ4n) is 2.63.